The molecule has 0 heterocycles. The van der Waals surface area contributed by atoms with Gasteiger partial charge in [0.05, 0.1) is 6.26 Å². The van der Waals surface area contributed by atoms with Gasteiger partial charge in [-0.15, -0.1) is 0 Å². The molecule has 0 saturated carbocycles. The lowest BCUT2D eigenvalue weighted by Gasteiger charge is -2.07. The van der Waals surface area contributed by atoms with Crippen molar-refractivity contribution in [1.29, 1.82) is 0 Å². The van der Waals surface area contributed by atoms with Gasteiger partial charge in [0.2, 0.25) is 0 Å². The number of hydrogen-bond acceptors (Lipinski definition) is 6. The van der Waals surface area contributed by atoms with Crippen LogP contribution in [0.2, 0.25) is 0 Å². The number of nitrogens with one attached hydrogen (secondary N) is 1. The highest BCUT2D eigenvalue weighted by Crippen LogP contribution is 2.15. The van der Waals surface area contributed by atoms with Crippen molar-refractivity contribution in [2.45, 2.75) is 0 Å². The van der Waals surface area contributed by atoms with Gasteiger partial charge >= 0.3 is 0 Å². The van der Waals surface area contributed by atoms with E-state index in [0.717, 1.165) is 11.9 Å². The Labute approximate surface area is 147 Å². The Morgan fingerprint density at radius 2 is 1.72 bits per heavy atom. The van der Waals surface area contributed by atoms with Gasteiger partial charge in [0, 0.05) is 23.5 Å². The summed E-state index contributed by atoms with van der Waals surface area (Å²) in [5.41, 5.74) is 1.41. The van der Waals surface area contributed by atoms with E-state index in [9.17, 15) is 13.2 Å². The van der Waals surface area contributed by atoms with Crippen LogP contribution in [0, 0.1) is 0 Å². The van der Waals surface area contributed by atoms with E-state index < -0.39 is 10.1 Å². The first-order valence-corrected chi connectivity index (χ1v) is 9.35. The summed E-state index contributed by atoms with van der Waals surface area (Å²) in [6, 6.07) is 16.0. The first-order chi connectivity index (χ1) is 11.9. The molecule has 0 saturated heterocycles. The minimum Gasteiger partial charge on any atom is -0.491 e. The van der Waals surface area contributed by atoms with Crippen LogP contribution in [0.4, 0.5) is 5.69 Å². The Morgan fingerprint density at radius 1 is 1.04 bits per heavy atom. The Balaban J connectivity index is 1.78. The quantitative estimate of drug-likeness (QED) is 0.320. The van der Waals surface area contributed by atoms with Crippen molar-refractivity contribution in [1.82, 2.24) is 0 Å². The van der Waals surface area contributed by atoms with Crippen molar-refractivity contribution >= 4 is 21.6 Å². The molecule has 0 aliphatic rings. The molecule has 25 heavy (non-hydrogen) atoms. The molecule has 0 bridgehead atoms. The van der Waals surface area contributed by atoms with Crippen LogP contribution in [0.25, 0.3) is 0 Å². The van der Waals surface area contributed by atoms with E-state index in [1.165, 1.54) is 6.08 Å². The first kappa shape index (κ1) is 18.7. The van der Waals surface area contributed by atoms with Gasteiger partial charge in [0.15, 0.2) is 5.78 Å². The van der Waals surface area contributed by atoms with E-state index in [1.54, 1.807) is 42.6 Å². The summed E-state index contributed by atoms with van der Waals surface area (Å²) in [6.07, 6.45) is 4.02. The molecule has 0 unspecified atom stereocenters. The zero-order valence-corrected chi connectivity index (χ0v) is 14.5. The van der Waals surface area contributed by atoms with E-state index in [-0.39, 0.29) is 19.0 Å². The van der Waals surface area contributed by atoms with Crippen molar-refractivity contribution in [3.63, 3.8) is 0 Å². The number of carbonyl (C=O) groups is 1. The molecule has 0 atom stereocenters. The van der Waals surface area contributed by atoms with E-state index >= 15 is 0 Å². The van der Waals surface area contributed by atoms with Gasteiger partial charge < -0.3 is 10.1 Å². The number of carbonyl (C=O) groups excluding carboxylic acids is 1. The Kier molecular flexibility index (Phi) is 6.73. The lowest BCUT2D eigenvalue weighted by Crippen LogP contribution is -2.11. The Morgan fingerprint density at radius 3 is 2.36 bits per heavy atom. The van der Waals surface area contributed by atoms with Gasteiger partial charge in [-0.05, 0) is 24.3 Å². The van der Waals surface area contributed by atoms with Crippen LogP contribution >= 0.6 is 0 Å². The predicted octanol–water partition coefficient (Wildman–Crippen LogP) is 2.85. The maximum Gasteiger partial charge on any atom is 0.264 e. The van der Waals surface area contributed by atoms with Gasteiger partial charge in [-0.2, -0.15) is 8.42 Å². The number of anilines is 1. The maximum absolute atomic E-state index is 11.9. The van der Waals surface area contributed by atoms with E-state index in [1.807, 2.05) is 18.2 Å². The fraction of sp³-hybridized carbons (Fsp3) is 0.167. The molecule has 0 spiro atoms. The van der Waals surface area contributed by atoms with Crippen LogP contribution < -0.4 is 10.1 Å². The maximum atomic E-state index is 11.9. The highest BCUT2D eigenvalue weighted by Gasteiger charge is 2.02. The molecule has 0 aromatic heterocycles. The molecule has 2 aromatic carbocycles. The number of ketones is 1. The lowest BCUT2D eigenvalue weighted by molar-refractivity contribution is 0.104. The molecule has 0 aliphatic carbocycles. The third-order valence-corrected chi connectivity index (χ3v) is 3.64. The molecule has 0 radical (unpaired) electrons. The molecular weight excluding hydrogens is 342 g/mol. The summed E-state index contributed by atoms with van der Waals surface area (Å²) in [4.78, 5) is 11.9. The third-order valence-electron chi connectivity index (χ3n) is 3.05. The molecule has 0 amide bonds. The highest BCUT2D eigenvalue weighted by atomic mass is 32.2. The summed E-state index contributed by atoms with van der Waals surface area (Å²) >= 11 is 0. The van der Waals surface area contributed by atoms with Crippen LogP contribution in [-0.2, 0) is 14.3 Å². The van der Waals surface area contributed by atoms with Gasteiger partial charge in [0.1, 0.15) is 19.0 Å². The van der Waals surface area contributed by atoms with Gasteiger partial charge in [-0.3, -0.25) is 8.98 Å². The summed E-state index contributed by atoms with van der Waals surface area (Å²) in [5, 5.41) is 3.00. The van der Waals surface area contributed by atoms with Crippen LogP contribution in [0.3, 0.4) is 0 Å². The SMILES string of the molecule is CS(=O)(=O)OCCOc1ccc(NC=CC(=O)c2ccccc2)cc1. The second-order valence-electron chi connectivity index (χ2n) is 5.11. The molecule has 7 heteroatoms. The van der Waals surface area contributed by atoms with E-state index in [2.05, 4.69) is 9.50 Å². The zero-order chi connectivity index (χ0) is 18.1. The van der Waals surface area contributed by atoms with Crippen molar-refractivity contribution in [2.75, 3.05) is 24.8 Å². The monoisotopic (exact) mass is 361 g/mol. The largest absolute Gasteiger partial charge is 0.491 e. The smallest absolute Gasteiger partial charge is 0.264 e. The van der Waals surface area contributed by atoms with Crippen molar-refractivity contribution in [2.24, 2.45) is 0 Å². The number of rotatable bonds is 9. The lowest BCUT2D eigenvalue weighted by atomic mass is 10.1. The number of allylic oxidation sites excluding steroid dienone is 1. The van der Waals surface area contributed by atoms with Crippen LogP contribution in [-0.4, -0.2) is 33.7 Å². The van der Waals surface area contributed by atoms with Crippen LogP contribution in [0.15, 0.2) is 66.9 Å². The standard InChI is InChI=1S/C18H19NO5S/c1-25(21,22)24-14-13-23-17-9-7-16(8-10-17)19-12-11-18(20)15-5-3-2-4-6-15/h2-12,19H,13-14H2,1H3. The fourth-order valence-electron chi connectivity index (χ4n) is 1.90. The number of benzene rings is 2. The second kappa shape index (κ2) is 9.00. The van der Waals surface area contributed by atoms with Crippen molar-refractivity contribution in [3.8, 4) is 5.75 Å². The van der Waals surface area contributed by atoms with Crippen molar-refractivity contribution < 1.29 is 22.1 Å². The third kappa shape index (κ3) is 7.19. The van der Waals surface area contributed by atoms with Crippen LogP contribution in [0.5, 0.6) is 5.75 Å². The summed E-state index contributed by atoms with van der Waals surface area (Å²) in [5.74, 6) is 0.505. The van der Waals surface area contributed by atoms with E-state index in [0.29, 0.717) is 11.3 Å². The first-order valence-electron chi connectivity index (χ1n) is 7.54. The molecule has 1 N–H and O–H groups in total. The highest BCUT2D eigenvalue weighted by molar-refractivity contribution is 7.85. The molecule has 132 valence electrons. The topological polar surface area (TPSA) is 81.7 Å². The van der Waals surface area contributed by atoms with Crippen molar-refractivity contribution in [3.05, 3.63) is 72.4 Å². The summed E-state index contributed by atoms with van der Waals surface area (Å²) in [7, 11) is -3.45. The minimum absolute atomic E-state index is 0.0385. The number of ether oxygens (including phenoxy) is 1. The average Bonchev–Trinajstić information content (AvgIpc) is 2.60. The molecule has 6 nitrogen and oxygen atoms in total. The van der Waals surface area contributed by atoms with Gasteiger partial charge in [-0.25, -0.2) is 0 Å². The molecule has 0 aliphatic heterocycles. The number of hydrogen-bond donors (Lipinski definition) is 1. The molecular formula is C18H19NO5S. The normalized spacial score (nSPS) is 11.4. The Bertz CT molecular complexity index is 814. The fourth-order valence-corrected chi connectivity index (χ4v) is 2.28. The Hall–Kier alpha value is -2.64. The van der Waals surface area contributed by atoms with Crippen LogP contribution in [0.1, 0.15) is 10.4 Å². The minimum atomic E-state index is -3.45. The zero-order valence-electron chi connectivity index (χ0n) is 13.7. The molecule has 2 rings (SSSR count). The average molecular weight is 361 g/mol. The molecule has 0 fully saturated rings. The predicted molar refractivity (Wildman–Crippen MR) is 96.3 cm³/mol. The van der Waals surface area contributed by atoms with Gasteiger partial charge in [0.25, 0.3) is 10.1 Å². The second-order valence-corrected chi connectivity index (χ2v) is 6.75. The van der Waals surface area contributed by atoms with Gasteiger partial charge in [-0.1, -0.05) is 30.3 Å². The summed E-state index contributed by atoms with van der Waals surface area (Å²) < 4.78 is 31.6. The van der Waals surface area contributed by atoms with E-state index in [4.69, 9.17) is 4.74 Å². The molecule has 2 aromatic rings. The summed E-state index contributed by atoms with van der Waals surface area (Å²) in [6.45, 7) is 0.0918.